The van der Waals surface area contributed by atoms with E-state index in [-0.39, 0.29) is 16.5 Å². The van der Waals surface area contributed by atoms with Gasteiger partial charge in [0, 0.05) is 23.3 Å². The van der Waals surface area contributed by atoms with Crippen LogP contribution in [0.2, 0.25) is 5.02 Å². The van der Waals surface area contributed by atoms with Crippen LogP contribution in [0.5, 0.6) is 0 Å². The molecule has 0 radical (unpaired) electrons. The number of anilines is 1. The first kappa shape index (κ1) is 13.3. The zero-order valence-electron chi connectivity index (χ0n) is 9.13. The molecule has 0 amide bonds. The molecule has 1 aromatic heterocycles. The highest BCUT2D eigenvalue weighted by Crippen LogP contribution is 2.23. The Morgan fingerprint density at radius 1 is 1.44 bits per heavy atom. The Balaban J connectivity index is 2.22. The largest absolute Gasteiger partial charge is 0.399 e. The van der Waals surface area contributed by atoms with Gasteiger partial charge in [0.2, 0.25) is 10.0 Å². The predicted octanol–water partition coefficient (Wildman–Crippen LogP) is 1.86. The number of benzene rings is 1. The van der Waals surface area contributed by atoms with Crippen LogP contribution >= 0.6 is 22.9 Å². The van der Waals surface area contributed by atoms with Gasteiger partial charge in [0.15, 0.2) is 0 Å². The lowest BCUT2D eigenvalue weighted by Gasteiger charge is -2.08. The fourth-order valence-electron chi connectivity index (χ4n) is 1.30. The van der Waals surface area contributed by atoms with E-state index < -0.39 is 10.0 Å². The molecule has 3 N–H and O–H groups in total. The summed E-state index contributed by atoms with van der Waals surface area (Å²) in [5, 5.41) is 0.140. The zero-order chi connectivity index (χ0) is 13.2. The van der Waals surface area contributed by atoms with E-state index in [1.807, 2.05) is 0 Å². The van der Waals surface area contributed by atoms with Gasteiger partial charge >= 0.3 is 0 Å². The second-order valence-electron chi connectivity index (χ2n) is 3.48. The molecule has 0 aliphatic carbocycles. The maximum Gasteiger partial charge on any atom is 0.242 e. The Labute approximate surface area is 114 Å². The number of halogens is 1. The molecule has 5 nitrogen and oxygen atoms in total. The molecule has 0 spiro atoms. The smallest absolute Gasteiger partial charge is 0.242 e. The van der Waals surface area contributed by atoms with E-state index in [9.17, 15) is 8.42 Å². The molecule has 2 rings (SSSR count). The van der Waals surface area contributed by atoms with Crippen LogP contribution in [-0.4, -0.2) is 13.4 Å². The van der Waals surface area contributed by atoms with Crippen molar-refractivity contribution in [1.82, 2.24) is 9.71 Å². The number of nitrogens with zero attached hydrogens (tertiary/aromatic N) is 1. The first-order chi connectivity index (χ1) is 8.49. The molecular formula is C10H10ClN3O2S2. The highest BCUT2D eigenvalue weighted by atomic mass is 35.5. The van der Waals surface area contributed by atoms with Gasteiger partial charge in [0.05, 0.1) is 10.5 Å². The lowest BCUT2D eigenvalue weighted by molar-refractivity contribution is 0.582. The van der Waals surface area contributed by atoms with Crippen LogP contribution in [0, 0.1) is 0 Å². The van der Waals surface area contributed by atoms with Gasteiger partial charge in [-0.3, -0.25) is 4.98 Å². The van der Waals surface area contributed by atoms with Crippen molar-refractivity contribution in [3.63, 3.8) is 0 Å². The molecule has 0 aliphatic rings. The van der Waals surface area contributed by atoms with E-state index in [2.05, 4.69) is 9.71 Å². The number of hydrogen-bond donors (Lipinski definition) is 2. The van der Waals surface area contributed by atoms with E-state index in [1.165, 1.54) is 23.5 Å². The molecule has 0 unspecified atom stereocenters. The van der Waals surface area contributed by atoms with E-state index in [0.717, 1.165) is 4.88 Å². The van der Waals surface area contributed by atoms with Crippen LogP contribution < -0.4 is 10.5 Å². The second-order valence-corrected chi connectivity index (χ2v) is 6.60. The molecule has 0 fully saturated rings. The minimum atomic E-state index is -3.67. The SMILES string of the molecule is Nc1ccc(Cl)c(S(=O)(=O)NCc2cncs2)c1. The Kier molecular flexibility index (Phi) is 3.86. The first-order valence-electron chi connectivity index (χ1n) is 4.91. The molecule has 0 aliphatic heterocycles. The van der Waals surface area contributed by atoms with Crippen LogP contribution in [0.4, 0.5) is 5.69 Å². The summed E-state index contributed by atoms with van der Waals surface area (Å²) in [5.74, 6) is 0. The Morgan fingerprint density at radius 3 is 2.89 bits per heavy atom. The number of nitrogens with two attached hydrogens (primary N) is 1. The van der Waals surface area contributed by atoms with Crippen molar-refractivity contribution < 1.29 is 8.42 Å². The fraction of sp³-hybridized carbons (Fsp3) is 0.100. The summed E-state index contributed by atoms with van der Waals surface area (Å²) in [4.78, 5) is 4.66. The molecule has 1 aromatic carbocycles. The maximum atomic E-state index is 12.0. The van der Waals surface area contributed by atoms with Gasteiger partial charge in [-0.05, 0) is 18.2 Å². The summed E-state index contributed by atoms with van der Waals surface area (Å²) < 4.78 is 26.5. The lowest BCUT2D eigenvalue weighted by atomic mass is 10.3. The van der Waals surface area contributed by atoms with E-state index >= 15 is 0 Å². The standard InChI is InChI=1S/C10H10ClN3O2S2/c11-9-2-1-7(12)3-10(9)18(15,16)14-5-8-4-13-6-17-8/h1-4,6,14H,5,12H2. The van der Waals surface area contributed by atoms with Gasteiger partial charge in [-0.15, -0.1) is 11.3 Å². The van der Waals surface area contributed by atoms with Gasteiger partial charge in [0.25, 0.3) is 0 Å². The summed E-state index contributed by atoms with van der Waals surface area (Å²) in [6.07, 6.45) is 1.61. The highest BCUT2D eigenvalue weighted by Gasteiger charge is 2.18. The fourth-order valence-corrected chi connectivity index (χ4v) is 3.46. The summed E-state index contributed by atoms with van der Waals surface area (Å²) >= 11 is 7.23. The molecular weight excluding hydrogens is 294 g/mol. The average molecular weight is 304 g/mol. The van der Waals surface area contributed by atoms with Crippen molar-refractivity contribution in [2.45, 2.75) is 11.4 Å². The summed E-state index contributed by atoms with van der Waals surface area (Å²) in [6, 6.07) is 4.33. The number of aromatic nitrogens is 1. The topological polar surface area (TPSA) is 85.1 Å². The van der Waals surface area contributed by atoms with Gasteiger partial charge in [-0.2, -0.15) is 0 Å². The van der Waals surface area contributed by atoms with Gasteiger partial charge in [-0.25, -0.2) is 13.1 Å². The summed E-state index contributed by atoms with van der Waals surface area (Å²) in [5.41, 5.74) is 7.54. The molecule has 18 heavy (non-hydrogen) atoms. The lowest BCUT2D eigenvalue weighted by Crippen LogP contribution is -2.23. The predicted molar refractivity (Wildman–Crippen MR) is 72.0 cm³/mol. The maximum absolute atomic E-state index is 12.0. The Morgan fingerprint density at radius 2 is 2.22 bits per heavy atom. The normalized spacial score (nSPS) is 11.6. The summed E-state index contributed by atoms with van der Waals surface area (Å²) in [6.45, 7) is 0.179. The van der Waals surface area contributed by atoms with E-state index in [0.29, 0.717) is 5.69 Å². The zero-order valence-corrected chi connectivity index (χ0v) is 11.5. The van der Waals surface area contributed by atoms with E-state index in [4.69, 9.17) is 17.3 Å². The number of sulfonamides is 1. The van der Waals surface area contributed by atoms with Crippen molar-refractivity contribution in [2.75, 3.05) is 5.73 Å². The quantitative estimate of drug-likeness (QED) is 0.844. The second kappa shape index (κ2) is 5.23. The first-order valence-corrected chi connectivity index (χ1v) is 7.65. The molecule has 0 saturated heterocycles. The van der Waals surface area contributed by atoms with Crippen LogP contribution in [0.1, 0.15) is 4.88 Å². The number of nitrogens with one attached hydrogen (secondary N) is 1. The number of nitrogen functional groups attached to an aromatic ring is 1. The Hall–Kier alpha value is -1.15. The van der Waals surface area contributed by atoms with Crippen LogP contribution in [0.25, 0.3) is 0 Å². The van der Waals surface area contributed by atoms with Crippen LogP contribution in [0.3, 0.4) is 0 Å². The molecule has 0 atom stereocenters. The third kappa shape index (κ3) is 2.99. The van der Waals surface area contributed by atoms with Crippen molar-refractivity contribution in [2.24, 2.45) is 0 Å². The molecule has 2 aromatic rings. The average Bonchev–Trinajstić information content (AvgIpc) is 2.83. The van der Waals surface area contributed by atoms with Crippen LogP contribution in [-0.2, 0) is 16.6 Å². The molecule has 0 saturated carbocycles. The van der Waals surface area contributed by atoms with Crippen molar-refractivity contribution in [1.29, 1.82) is 0 Å². The van der Waals surface area contributed by atoms with Crippen molar-refractivity contribution in [3.05, 3.63) is 39.8 Å². The van der Waals surface area contributed by atoms with Gasteiger partial charge in [-0.1, -0.05) is 11.6 Å². The van der Waals surface area contributed by atoms with Crippen molar-refractivity contribution >= 4 is 38.6 Å². The third-order valence-corrected chi connectivity index (χ3v) is 4.83. The molecule has 0 bridgehead atoms. The minimum absolute atomic E-state index is 0.0197. The number of thiazole rings is 1. The van der Waals surface area contributed by atoms with Gasteiger partial charge in [0.1, 0.15) is 4.90 Å². The monoisotopic (exact) mass is 303 g/mol. The molecule has 96 valence electrons. The highest BCUT2D eigenvalue weighted by molar-refractivity contribution is 7.89. The molecule has 8 heteroatoms. The molecule has 1 heterocycles. The number of rotatable bonds is 4. The van der Waals surface area contributed by atoms with Crippen LogP contribution in [0.15, 0.2) is 34.8 Å². The van der Waals surface area contributed by atoms with Gasteiger partial charge < -0.3 is 5.73 Å². The minimum Gasteiger partial charge on any atom is -0.399 e. The van der Waals surface area contributed by atoms with Crippen molar-refractivity contribution in [3.8, 4) is 0 Å². The third-order valence-electron chi connectivity index (χ3n) is 2.16. The van der Waals surface area contributed by atoms with E-state index in [1.54, 1.807) is 17.8 Å². The Bertz CT molecular complexity index is 641. The summed E-state index contributed by atoms with van der Waals surface area (Å²) in [7, 11) is -3.67. The number of hydrogen-bond acceptors (Lipinski definition) is 5.